The lowest BCUT2D eigenvalue weighted by Crippen LogP contribution is -2.23. The normalized spacial score (nSPS) is 19.8. The van der Waals surface area contributed by atoms with Gasteiger partial charge in [0.15, 0.2) is 5.13 Å². The maximum atomic E-state index is 12.3. The lowest BCUT2D eigenvalue weighted by molar-refractivity contribution is -0.119. The third-order valence-corrected chi connectivity index (χ3v) is 5.52. The van der Waals surface area contributed by atoms with Crippen LogP contribution in [0.1, 0.15) is 41.0 Å². The quantitative estimate of drug-likeness (QED) is 0.864. The molecule has 130 valence electrons. The summed E-state index contributed by atoms with van der Waals surface area (Å²) in [4.78, 5) is 18.0. The number of amides is 1. The standard InChI is InChI=1S/C18H23N3OS.ClH/c1-11-3-5-13(6-4-11)9-16-12(2)20-18(23-16)21-17(22)14-7-8-15(19)10-14;/h3-6,14-15H,7-10,19H2,1-2H3,(H,20,21,22);1H. The molecule has 1 heterocycles. The number of hydrogen-bond acceptors (Lipinski definition) is 4. The van der Waals surface area contributed by atoms with Gasteiger partial charge in [0.25, 0.3) is 0 Å². The molecule has 1 fully saturated rings. The fraction of sp³-hybridized carbons (Fsp3) is 0.444. The zero-order chi connectivity index (χ0) is 16.4. The van der Waals surface area contributed by atoms with Gasteiger partial charge in [-0.15, -0.1) is 23.7 Å². The van der Waals surface area contributed by atoms with E-state index in [9.17, 15) is 4.79 Å². The van der Waals surface area contributed by atoms with Crippen LogP contribution in [0.4, 0.5) is 5.13 Å². The highest BCUT2D eigenvalue weighted by Crippen LogP contribution is 2.29. The minimum absolute atomic E-state index is 0. The number of aryl methyl sites for hydroxylation is 2. The molecule has 1 aliphatic carbocycles. The molecule has 0 bridgehead atoms. The molecule has 24 heavy (non-hydrogen) atoms. The second-order valence-electron chi connectivity index (χ2n) is 6.45. The summed E-state index contributed by atoms with van der Waals surface area (Å²) in [7, 11) is 0. The van der Waals surface area contributed by atoms with Crippen molar-refractivity contribution in [1.82, 2.24) is 4.98 Å². The van der Waals surface area contributed by atoms with Gasteiger partial charge in [-0.25, -0.2) is 4.98 Å². The Labute approximate surface area is 153 Å². The van der Waals surface area contributed by atoms with Crippen LogP contribution >= 0.6 is 23.7 Å². The Morgan fingerprint density at radius 2 is 2.00 bits per heavy atom. The van der Waals surface area contributed by atoms with Crippen LogP contribution in [0.5, 0.6) is 0 Å². The molecule has 0 aliphatic heterocycles. The number of nitrogens with one attached hydrogen (secondary N) is 1. The highest BCUT2D eigenvalue weighted by Gasteiger charge is 2.28. The number of hydrogen-bond donors (Lipinski definition) is 2. The van der Waals surface area contributed by atoms with Gasteiger partial charge in [0.1, 0.15) is 0 Å². The van der Waals surface area contributed by atoms with Crippen LogP contribution in [-0.4, -0.2) is 16.9 Å². The van der Waals surface area contributed by atoms with Gasteiger partial charge in [0, 0.05) is 23.3 Å². The van der Waals surface area contributed by atoms with Crippen molar-refractivity contribution in [2.45, 2.75) is 45.6 Å². The Morgan fingerprint density at radius 3 is 2.62 bits per heavy atom. The molecule has 0 saturated heterocycles. The predicted molar refractivity (Wildman–Crippen MR) is 102 cm³/mol. The van der Waals surface area contributed by atoms with Crippen molar-refractivity contribution in [3.63, 3.8) is 0 Å². The number of nitrogens with two attached hydrogens (primary N) is 1. The lowest BCUT2D eigenvalue weighted by Gasteiger charge is -2.08. The molecule has 1 aromatic heterocycles. The Hall–Kier alpha value is -1.43. The molecule has 4 nitrogen and oxygen atoms in total. The first-order valence-corrected chi connectivity index (χ1v) is 8.91. The zero-order valence-corrected chi connectivity index (χ0v) is 15.7. The number of nitrogens with zero attached hydrogens (tertiary/aromatic N) is 1. The fourth-order valence-corrected chi connectivity index (χ4v) is 4.00. The van der Waals surface area contributed by atoms with Gasteiger partial charge in [-0.3, -0.25) is 4.79 Å². The number of carbonyl (C=O) groups is 1. The molecule has 2 aromatic rings. The Balaban J connectivity index is 0.00000208. The summed E-state index contributed by atoms with van der Waals surface area (Å²) in [5, 5.41) is 3.68. The topological polar surface area (TPSA) is 68.0 Å². The van der Waals surface area contributed by atoms with Gasteiger partial charge >= 0.3 is 0 Å². The third-order valence-electron chi connectivity index (χ3n) is 4.45. The summed E-state index contributed by atoms with van der Waals surface area (Å²) >= 11 is 1.57. The molecule has 3 rings (SSSR count). The minimum atomic E-state index is 0. The SMILES string of the molecule is Cc1ccc(Cc2sc(NC(=O)C3CCC(N)C3)nc2C)cc1.Cl. The molecule has 6 heteroatoms. The molecule has 3 N–H and O–H groups in total. The summed E-state index contributed by atoms with van der Waals surface area (Å²) in [5.74, 6) is 0.100. The van der Waals surface area contributed by atoms with Crippen molar-refractivity contribution >= 4 is 34.8 Å². The first-order chi connectivity index (χ1) is 11.0. The largest absolute Gasteiger partial charge is 0.328 e. The van der Waals surface area contributed by atoms with Crippen molar-refractivity contribution in [2.24, 2.45) is 11.7 Å². The number of benzene rings is 1. The number of aromatic nitrogens is 1. The van der Waals surface area contributed by atoms with E-state index in [1.165, 1.54) is 16.0 Å². The number of carbonyl (C=O) groups excluding carboxylic acids is 1. The molecule has 2 atom stereocenters. The van der Waals surface area contributed by atoms with Gasteiger partial charge in [0.05, 0.1) is 5.69 Å². The molecule has 0 radical (unpaired) electrons. The van der Waals surface area contributed by atoms with Gasteiger partial charge in [-0.1, -0.05) is 29.8 Å². The van der Waals surface area contributed by atoms with E-state index in [1.54, 1.807) is 11.3 Å². The van der Waals surface area contributed by atoms with E-state index in [1.807, 2.05) is 6.92 Å². The lowest BCUT2D eigenvalue weighted by atomic mass is 10.1. The maximum absolute atomic E-state index is 12.3. The summed E-state index contributed by atoms with van der Waals surface area (Å²) in [6.45, 7) is 4.09. The van der Waals surface area contributed by atoms with Crippen molar-refractivity contribution in [3.8, 4) is 0 Å². The van der Waals surface area contributed by atoms with Crippen LogP contribution in [0.15, 0.2) is 24.3 Å². The zero-order valence-electron chi connectivity index (χ0n) is 14.0. The van der Waals surface area contributed by atoms with Gasteiger partial charge in [-0.2, -0.15) is 0 Å². The molecule has 1 aliphatic rings. The minimum Gasteiger partial charge on any atom is -0.328 e. The summed E-state index contributed by atoms with van der Waals surface area (Å²) in [5.41, 5.74) is 9.41. The highest BCUT2D eigenvalue weighted by atomic mass is 35.5. The highest BCUT2D eigenvalue weighted by molar-refractivity contribution is 7.15. The Bertz CT molecular complexity index is 699. The van der Waals surface area contributed by atoms with Crippen molar-refractivity contribution in [2.75, 3.05) is 5.32 Å². The number of anilines is 1. The average molecular weight is 366 g/mol. The van der Waals surface area contributed by atoms with E-state index in [-0.39, 0.29) is 30.3 Å². The molecule has 1 saturated carbocycles. The molecule has 1 aromatic carbocycles. The van der Waals surface area contributed by atoms with Crippen LogP contribution in [0.3, 0.4) is 0 Å². The maximum Gasteiger partial charge on any atom is 0.229 e. The number of halogens is 1. The summed E-state index contributed by atoms with van der Waals surface area (Å²) < 4.78 is 0. The van der Waals surface area contributed by atoms with E-state index in [0.717, 1.165) is 31.4 Å². The second kappa shape index (κ2) is 8.10. The van der Waals surface area contributed by atoms with E-state index >= 15 is 0 Å². The Kier molecular flexibility index (Phi) is 6.38. The fourth-order valence-electron chi connectivity index (χ4n) is 3.00. The van der Waals surface area contributed by atoms with Crippen LogP contribution in [0, 0.1) is 19.8 Å². The van der Waals surface area contributed by atoms with Crippen LogP contribution < -0.4 is 11.1 Å². The van der Waals surface area contributed by atoms with Gasteiger partial charge in [0.2, 0.25) is 5.91 Å². The van der Waals surface area contributed by atoms with E-state index in [0.29, 0.717) is 5.13 Å². The number of rotatable bonds is 4. The first kappa shape index (κ1) is 18.9. The van der Waals surface area contributed by atoms with E-state index in [2.05, 4.69) is 41.5 Å². The third kappa shape index (κ3) is 4.56. The van der Waals surface area contributed by atoms with Gasteiger partial charge < -0.3 is 11.1 Å². The van der Waals surface area contributed by atoms with Crippen molar-refractivity contribution < 1.29 is 4.79 Å². The molecule has 0 spiro atoms. The van der Waals surface area contributed by atoms with Crippen molar-refractivity contribution in [1.29, 1.82) is 0 Å². The van der Waals surface area contributed by atoms with E-state index < -0.39 is 0 Å². The monoisotopic (exact) mass is 365 g/mol. The Morgan fingerprint density at radius 1 is 1.29 bits per heavy atom. The average Bonchev–Trinajstić information content (AvgIpc) is 3.08. The van der Waals surface area contributed by atoms with Crippen LogP contribution in [0.2, 0.25) is 0 Å². The molecular weight excluding hydrogens is 342 g/mol. The van der Waals surface area contributed by atoms with Crippen molar-refractivity contribution in [3.05, 3.63) is 46.0 Å². The van der Waals surface area contributed by atoms with Gasteiger partial charge in [-0.05, 0) is 38.7 Å². The smallest absolute Gasteiger partial charge is 0.229 e. The second-order valence-corrected chi connectivity index (χ2v) is 7.53. The van der Waals surface area contributed by atoms with Crippen LogP contribution in [0.25, 0.3) is 0 Å². The molecule has 1 amide bonds. The molecular formula is C18H24ClN3OS. The van der Waals surface area contributed by atoms with Crippen LogP contribution in [-0.2, 0) is 11.2 Å². The summed E-state index contributed by atoms with van der Waals surface area (Å²) in [6, 6.07) is 8.70. The molecule has 2 unspecified atom stereocenters. The van der Waals surface area contributed by atoms with E-state index in [4.69, 9.17) is 5.73 Å². The first-order valence-electron chi connectivity index (χ1n) is 8.09. The predicted octanol–water partition coefficient (Wildman–Crippen LogP) is 3.84. The summed E-state index contributed by atoms with van der Waals surface area (Å²) in [6.07, 6.45) is 3.46. The number of thiazole rings is 1.